The minimum absolute atomic E-state index is 0.336. The largest absolute Gasteiger partial charge is 0.368 e. The average molecular weight is 320 g/mol. The van der Waals surface area contributed by atoms with Gasteiger partial charge in [0.15, 0.2) is 0 Å². The van der Waals surface area contributed by atoms with E-state index >= 15 is 0 Å². The van der Waals surface area contributed by atoms with Crippen molar-refractivity contribution in [1.82, 2.24) is 4.90 Å². The SMILES string of the molecule is NC(=O)CN(CC(N)=O)C(=O)c1ccc(Br)s1. The predicted octanol–water partition coefficient (Wildman–Crippen LogP) is -0.0766. The minimum atomic E-state index is -0.699. The van der Waals surface area contributed by atoms with Gasteiger partial charge in [0.05, 0.1) is 8.66 Å². The number of rotatable bonds is 5. The van der Waals surface area contributed by atoms with Crippen molar-refractivity contribution in [2.75, 3.05) is 13.1 Å². The number of halogens is 1. The minimum Gasteiger partial charge on any atom is -0.368 e. The van der Waals surface area contributed by atoms with E-state index < -0.39 is 17.7 Å². The first-order valence-corrected chi connectivity index (χ1v) is 6.12. The van der Waals surface area contributed by atoms with Gasteiger partial charge in [0.1, 0.15) is 13.1 Å². The van der Waals surface area contributed by atoms with Gasteiger partial charge >= 0.3 is 0 Å². The molecular formula is C9H10BrN3O3S. The highest BCUT2D eigenvalue weighted by Gasteiger charge is 2.20. The lowest BCUT2D eigenvalue weighted by atomic mass is 10.3. The molecule has 0 radical (unpaired) electrons. The number of nitrogens with zero attached hydrogens (tertiary/aromatic N) is 1. The smallest absolute Gasteiger partial charge is 0.264 e. The number of nitrogens with two attached hydrogens (primary N) is 2. The van der Waals surface area contributed by atoms with E-state index in [1.165, 1.54) is 11.3 Å². The van der Waals surface area contributed by atoms with Gasteiger partial charge in [0, 0.05) is 0 Å². The van der Waals surface area contributed by atoms with Crippen LogP contribution in [0.3, 0.4) is 0 Å². The Bertz CT molecular complexity index is 444. The normalized spacial score (nSPS) is 9.94. The molecule has 4 N–H and O–H groups in total. The second kappa shape index (κ2) is 5.78. The Labute approximate surface area is 110 Å². The molecule has 92 valence electrons. The van der Waals surface area contributed by atoms with Gasteiger partial charge in [0.25, 0.3) is 5.91 Å². The Hall–Kier alpha value is -1.41. The molecule has 0 aliphatic heterocycles. The van der Waals surface area contributed by atoms with Gasteiger partial charge in [-0.2, -0.15) is 0 Å². The van der Waals surface area contributed by atoms with Crippen molar-refractivity contribution < 1.29 is 14.4 Å². The van der Waals surface area contributed by atoms with Crippen LogP contribution in [0, 0.1) is 0 Å². The van der Waals surface area contributed by atoms with E-state index in [2.05, 4.69) is 15.9 Å². The molecule has 0 saturated heterocycles. The fraction of sp³-hybridized carbons (Fsp3) is 0.222. The molecule has 0 aliphatic rings. The Kier molecular flexibility index (Phi) is 4.64. The first kappa shape index (κ1) is 13.7. The second-order valence-corrected chi connectivity index (χ2v) is 5.66. The average Bonchev–Trinajstić information content (AvgIpc) is 2.61. The number of hydrogen-bond acceptors (Lipinski definition) is 4. The Balaban J connectivity index is 2.85. The van der Waals surface area contributed by atoms with E-state index in [4.69, 9.17) is 11.5 Å². The molecule has 1 heterocycles. The van der Waals surface area contributed by atoms with Crippen LogP contribution in [0.2, 0.25) is 0 Å². The maximum absolute atomic E-state index is 11.9. The summed E-state index contributed by atoms with van der Waals surface area (Å²) in [6.07, 6.45) is 0. The standard InChI is InChI=1S/C9H10BrN3O3S/c10-6-2-1-5(17-6)9(16)13(3-7(11)14)4-8(12)15/h1-2H,3-4H2,(H2,11,14)(H2,12,15). The lowest BCUT2D eigenvalue weighted by molar-refractivity contribution is -0.121. The highest BCUT2D eigenvalue weighted by atomic mass is 79.9. The molecule has 6 nitrogen and oxygen atoms in total. The molecule has 0 saturated carbocycles. The fourth-order valence-electron chi connectivity index (χ4n) is 1.16. The van der Waals surface area contributed by atoms with Crippen LogP contribution in [-0.4, -0.2) is 35.7 Å². The van der Waals surface area contributed by atoms with Gasteiger partial charge < -0.3 is 16.4 Å². The summed E-state index contributed by atoms with van der Waals surface area (Å²) in [5.41, 5.74) is 10.00. The quantitative estimate of drug-likeness (QED) is 0.792. The molecule has 0 spiro atoms. The zero-order valence-electron chi connectivity index (χ0n) is 8.68. The maximum Gasteiger partial charge on any atom is 0.264 e. The predicted molar refractivity (Wildman–Crippen MR) is 66.3 cm³/mol. The Morgan fingerprint density at radius 1 is 1.18 bits per heavy atom. The topological polar surface area (TPSA) is 106 Å². The fourth-order valence-corrected chi connectivity index (χ4v) is 2.51. The van der Waals surface area contributed by atoms with Crippen molar-refractivity contribution in [3.05, 3.63) is 20.8 Å². The number of thiophene rings is 1. The van der Waals surface area contributed by atoms with Crippen LogP contribution in [0.15, 0.2) is 15.9 Å². The van der Waals surface area contributed by atoms with Crippen LogP contribution >= 0.6 is 27.3 Å². The van der Waals surface area contributed by atoms with Crippen LogP contribution in [0.1, 0.15) is 9.67 Å². The summed E-state index contributed by atoms with van der Waals surface area (Å²) < 4.78 is 0.777. The van der Waals surface area contributed by atoms with Crippen LogP contribution in [0.25, 0.3) is 0 Å². The van der Waals surface area contributed by atoms with E-state index in [0.717, 1.165) is 8.69 Å². The third-order valence-electron chi connectivity index (χ3n) is 1.76. The van der Waals surface area contributed by atoms with Gasteiger partial charge in [-0.3, -0.25) is 14.4 Å². The second-order valence-electron chi connectivity index (χ2n) is 3.20. The van der Waals surface area contributed by atoms with Crippen molar-refractivity contribution in [2.45, 2.75) is 0 Å². The van der Waals surface area contributed by atoms with Crippen LogP contribution < -0.4 is 11.5 Å². The number of carbonyl (C=O) groups excluding carboxylic acids is 3. The molecule has 1 aromatic heterocycles. The van der Waals surface area contributed by atoms with E-state index in [1.807, 2.05) is 0 Å². The Morgan fingerprint density at radius 3 is 2.06 bits per heavy atom. The number of carbonyl (C=O) groups is 3. The monoisotopic (exact) mass is 319 g/mol. The lowest BCUT2D eigenvalue weighted by Crippen LogP contribution is -2.43. The first-order chi connectivity index (χ1) is 7.90. The summed E-state index contributed by atoms with van der Waals surface area (Å²) in [6, 6.07) is 3.29. The Morgan fingerprint density at radius 2 is 1.71 bits per heavy atom. The molecule has 1 aromatic rings. The van der Waals surface area contributed by atoms with Crippen molar-refractivity contribution in [3.8, 4) is 0 Å². The van der Waals surface area contributed by atoms with Crippen molar-refractivity contribution in [2.24, 2.45) is 11.5 Å². The summed E-state index contributed by atoms with van der Waals surface area (Å²) in [7, 11) is 0. The first-order valence-electron chi connectivity index (χ1n) is 4.51. The summed E-state index contributed by atoms with van der Waals surface area (Å²) >= 11 is 4.42. The molecular weight excluding hydrogens is 310 g/mol. The lowest BCUT2D eigenvalue weighted by Gasteiger charge is -2.18. The summed E-state index contributed by atoms with van der Waals surface area (Å²) in [4.78, 5) is 35.0. The van der Waals surface area contributed by atoms with Crippen molar-refractivity contribution in [1.29, 1.82) is 0 Å². The molecule has 0 bridgehead atoms. The van der Waals surface area contributed by atoms with Crippen molar-refractivity contribution >= 4 is 45.0 Å². The molecule has 0 atom stereocenters. The van der Waals surface area contributed by atoms with Crippen LogP contribution in [0.5, 0.6) is 0 Å². The number of hydrogen-bond donors (Lipinski definition) is 2. The molecule has 1 rings (SSSR count). The number of amides is 3. The zero-order chi connectivity index (χ0) is 13.0. The van der Waals surface area contributed by atoms with Gasteiger partial charge in [-0.05, 0) is 28.1 Å². The molecule has 0 aliphatic carbocycles. The number of primary amides is 2. The van der Waals surface area contributed by atoms with Crippen LogP contribution in [0.4, 0.5) is 0 Å². The summed E-state index contributed by atoms with van der Waals surface area (Å²) in [6.45, 7) is -0.672. The van der Waals surface area contributed by atoms with E-state index in [-0.39, 0.29) is 13.1 Å². The molecule has 8 heteroatoms. The van der Waals surface area contributed by atoms with E-state index in [0.29, 0.717) is 4.88 Å². The third kappa shape index (κ3) is 4.16. The summed E-state index contributed by atoms with van der Waals surface area (Å²) in [5, 5.41) is 0. The van der Waals surface area contributed by atoms with Gasteiger partial charge in [-0.1, -0.05) is 0 Å². The molecule has 17 heavy (non-hydrogen) atoms. The molecule has 0 unspecified atom stereocenters. The van der Waals surface area contributed by atoms with E-state index in [1.54, 1.807) is 12.1 Å². The molecule has 0 aromatic carbocycles. The van der Waals surface area contributed by atoms with Gasteiger partial charge in [-0.15, -0.1) is 11.3 Å². The highest BCUT2D eigenvalue weighted by Crippen LogP contribution is 2.23. The van der Waals surface area contributed by atoms with Crippen molar-refractivity contribution in [3.63, 3.8) is 0 Å². The maximum atomic E-state index is 11.9. The van der Waals surface area contributed by atoms with Gasteiger partial charge in [-0.25, -0.2) is 0 Å². The third-order valence-corrected chi connectivity index (χ3v) is 3.38. The van der Waals surface area contributed by atoms with E-state index in [9.17, 15) is 14.4 Å². The molecule has 0 fully saturated rings. The summed E-state index contributed by atoms with van der Waals surface area (Å²) in [5.74, 6) is -1.84. The molecule has 3 amide bonds. The van der Waals surface area contributed by atoms with Crippen LogP contribution in [-0.2, 0) is 9.59 Å². The zero-order valence-corrected chi connectivity index (χ0v) is 11.1. The van der Waals surface area contributed by atoms with Gasteiger partial charge in [0.2, 0.25) is 11.8 Å². The highest BCUT2D eigenvalue weighted by molar-refractivity contribution is 9.11.